The molecule has 0 saturated heterocycles. The fraction of sp³-hybridized carbons (Fsp3) is 0.550. The standard InChI is InChI=1S/C20H30Cl2N6O/c1-4-19-26-25-15-28(19)11-10-24-20(23-9-6-12-29-5-2)27(3)14-16-7-8-17(21)18(22)13-16/h7-8,13,15H,4-6,9-12,14H2,1-3H3,(H,23,24). The fourth-order valence-corrected chi connectivity index (χ4v) is 3.14. The van der Waals surface area contributed by atoms with Gasteiger partial charge in [0.05, 0.1) is 10.0 Å². The van der Waals surface area contributed by atoms with Gasteiger partial charge in [-0.3, -0.25) is 4.99 Å². The van der Waals surface area contributed by atoms with Crippen molar-refractivity contribution in [3.05, 3.63) is 46.0 Å². The van der Waals surface area contributed by atoms with Crippen molar-refractivity contribution in [1.82, 2.24) is 25.0 Å². The minimum Gasteiger partial charge on any atom is -0.382 e. The molecule has 2 rings (SSSR count). The number of guanidine groups is 1. The molecule has 0 aliphatic carbocycles. The number of ether oxygens (including phenoxy) is 1. The Bertz CT molecular complexity index is 780. The first kappa shape index (κ1) is 23.4. The Kier molecular flexibility index (Phi) is 10.2. The summed E-state index contributed by atoms with van der Waals surface area (Å²) in [6.07, 6.45) is 3.50. The second-order valence-electron chi connectivity index (χ2n) is 6.58. The molecular formula is C20H30Cl2N6O. The van der Waals surface area contributed by atoms with Crippen LogP contribution in [-0.2, 0) is 24.2 Å². The van der Waals surface area contributed by atoms with Crippen LogP contribution < -0.4 is 5.32 Å². The van der Waals surface area contributed by atoms with Crippen LogP contribution in [0.4, 0.5) is 0 Å². The van der Waals surface area contributed by atoms with E-state index < -0.39 is 0 Å². The number of hydrogen-bond acceptors (Lipinski definition) is 4. The summed E-state index contributed by atoms with van der Waals surface area (Å²) in [6, 6.07) is 5.68. The number of aliphatic imine (C=N–C) groups is 1. The normalized spacial score (nSPS) is 11.7. The second kappa shape index (κ2) is 12.7. The van der Waals surface area contributed by atoms with Crippen molar-refractivity contribution >= 4 is 29.2 Å². The highest BCUT2D eigenvalue weighted by molar-refractivity contribution is 6.42. The highest BCUT2D eigenvalue weighted by atomic mass is 35.5. The first-order chi connectivity index (χ1) is 14.0. The highest BCUT2D eigenvalue weighted by Gasteiger charge is 2.09. The summed E-state index contributed by atoms with van der Waals surface area (Å²) in [7, 11) is 2.01. The molecule has 0 amide bonds. The lowest BCUT2D eigenvalue weighted by Gasteiger charge is -2.23. The van der Waals surface area contributed by atoms with E-state index >= 15 is 0 Å². The van der Waals surface area contributed by atoms with Gasteiger partial charge in [0.25, 0.3) is 0 Å². The summed E-state index contributed by atoms with van der Waals surface area (Å²) in [6.45, 7) is 8.37. The number of halogens is 2. The van der Waals surface area contributed by atoms with E-state index in [9.17, 15) is 0 Å². The van der Waals surface area contributed by atoms with E-state index in [0.717, 1.165) is 49.9 Å². The summed E-state index contributed by atoms with van der Waals surface area (Å²) in [5, 5.41) is 12.7. The minimum absolute atomic E-state index is 0.556. The van der Waals surface area contributed by atoms with Crippen LogP contribution in [0.2, 0.25) is 10.0 Å². The van der Waals surface area contributed by atoms with Crippen molar-refractivity contribution in [2.24, 2.45) is 4.99 Å². The average molecular weight is 441 g/mol. The van der Waals surface area contributed by atoms with Crippen LogP contribution in [0, 0.1) is 0 Å². The molecule has 0 unspecified atom stereocenters. The van der Waals surface area contributed by atoms with Crippen molar-refractivity contribution in [2.75, 3.05) is 33.4 Å². The van der Waals surface area contributed by atoms with E-state index in [2.05, 4.69) is 31.9 Å². The predicted molar refractivity (Wildman–Crippen MR) is 119 cm³/mol. The molecule has 29 heavy (non-hydrogen) atoms. The highest BCUT2D eigenvalue weighted by Crippen LogP contribution is 2.23. The minimum atomic E-state index is 0.556. The molecular weight excluding hydrogens is 411 g/mol. The number of nitrogens with zero attached hydrogens (tertiary/aromatic N) is 5. The zero-order valence-corrected chi connectivity index (χ0v) is 18.9. The molecule has 0 aliphatic rings. The van der Waals surface area contributed by atoms with Crippen molar-refractivity contribution in [2.45, 2.75) is 39.8 Å². The average Bonchev–Trinajstić information content (AvgIpc) is 3.16. The number of nitrogens with one attached hydrogen (secondary N) is 1. The van der Waals surface area contributed by atoms with Crippen molar-refractivity contribution in [3.63, 3.8) is 0 Å². The Morgan fingerprint density at radius 3 is 2.83 bits per heavy atom. The van der Waals surface area contributed by atoms with E-state index in [4.69, 9.17) is 32.9 Å². The number of aryl methyl sites for hydroxylation is 1. The van der Waals surface area contributed by atoms with Crippen LogP contribution in [0.3, 0.4) is 0 Å². The van der Waals surface area contributed by atoms with Crippen molar-refractivity contribution < 1.29 is 4.74 Å². The SMILES string of the molecule is CCOCCCN=C(NCCn1cnnc1CC)N(C)Cc1ccc(Cl)c(Cl)c1. The molecule has 1 heterocycles. The molecule has 0 radical (unpaired) electrons. The van der Waals surface area contributed by atoms with E-state index in [1.165, 1.54) is 0 Å². The number of aromatic nitrogens is 3. The van der Waals surface area contributed by atoms with Gasteiger partial charge in [0.2, 0.25) is 0 Å². The van der Waals surface area contributed by atoms with E-state index in [1.807, 2.05) is 32.2 Å². The third-order valence-corrected chi connectivity index (χ3v) is 5.06. The van der Waals surface area contributed by atoms with Gasteiger partial charge >= 0.3 is 0 Å². The van der Waals surface area contributed by atoms with E-state index in [0.29, 0.717) is 29.7 Å². The number of benzene rings is 1. The molecule has 0 bridgehead atoms. The predicted octanol–water partition coefficient (Wildman–Crippen LogP) is 3.65. The largest absolute Gasteiger partial charge is 0.382 e. The lowest BCUT2D eigenvalue weighted by molar-refractivity contribution is 0.146. The first-order valence-corrected chi connectivity index (χ1v) is 10.7. The van der Waals surface area contributed by atoms with Crippen LogP contribution in [0.15, 0.2) is 29.5 Å². The molecule has 0 aliphatic heterocycles. The van der Waals surface area contributed by atoms with Crippen LogP contribution in [0.5, 0.6) is 0 Å². The van der Waals surface area contributed by atoms with Crippen LogP contribution in [-0.4, -0.2) is 59.0 Å². The molecule has 7 nitrogen and oxygen atoms in total. The summed E-state index contributed by atoms with van der Waals surface area (Å²) in [5.41, 5.74) is 1.07. The van der Waals surface area contributed by atoms with Gasteiger partial charge in [0.1, 0.15) is 12.2 Å². The molecule has 2 aromatic rings. The summed E-state index contributed by atoms with van der Waals surface area (Å²) in [4.78, 5) is 6.82. The molecule has 1 N–H and O–H groups in total. The second-order valence-corrected chi connectivity index (χ2v) is 7.40. The molecule has 9 heteroatoms. The monoisotopic (exact) mass is 440 g/mol. The number of rotatable bonds is 11. The van der Waals surface area contributed by atoms with Crippen molar-refractivity contribution in [3.8, 4) is 0 Å². The van der Waals surface area contributed by atoms with Gasteiger partial charge in [-0.1, -0.05) is 36.2 Å². The van der Waals surface area contributed by atoms with Crippen LogP contribution >= 0.6 is 23.2 Å². The van der Waals surface area contributed by atoms with Gasteiger partial charge < -0.3 is 19.5 Å². The Morgan fingerprint density at radius 2 is 2.10 bits per heavy atom. The van der Waals surface area contributed by atoms with Gasteiger partial charge in [-0.15, -0.1) is 10.2 Å². The number of hydrogen-bond donors (Lipinski definition) is 1. The van der Waals surface area contributed by atoms with E-state index in [-0.39, 0.29) is 0 Å². The lowest BCUT2D eigenvalue weighted by atomic mass is 10.2. The summed E-state index contributed by atoms with van der Waals surface area (Å²) in [5.74, 6) is 1.81. The van der Waals surface area contributed by atoms with Gasteiger partial charge in [-0.25, -0.2) is 0 Å². The van der Waals surface area contributed by atoms with Crippen molar-refractivity contribution in [1.29, 1.82) is 0 Å². The molecule has 0 spiro atoms. The Morgan fingerprint density at radius 1 is 1.28 bits per heavy atom. The third kappa shape index (κ3) is 7.84. The molecule has 0 atom stereocenters. The summed E-state index contributed by atoms with van der Waals surface area (Å²) >= 11 is 12.2. The maximum absolute atomic E-state index is 6.15. The molecule has 1 aromatic carbocycles. The molecule has 0 saturated carbocycles. The molecule has 1 aromatic heterocycles. The Labute approximate surface area is 183 Å². The van der Waals surface area contributed by atoms with Crippen LogP contribution in [0.1, 0.15) is 31.7 Å². The quantitative estimate of drug-likeness (QED) is 0.328. The van der Waals surface area contributed by atoms with Gasteiger partial charge in [0, 0.05) is 52.9 Å². The molecule has 160 valence electrons. The third-order valence-electron chi connectivity index (χ3n) is 4.33. The van der Waals surface area contributed by atoms with E-state index in [1.54, 1.807) is 6.33 Å². The van der Waals surface area contributed by atoms with Gasteiger partial charge in [-0.05, 0) is 31.0 Å². The zero-order valence-electron chi connectivity index (χ0n) is 17.4. The Balaban J connectivity index is 1.98. The smallest absolute Gasteiger partial charge is 0.194 e. The zero-order chi connectivity index (χ0) is 21.1. The lowest BCUT2D eigenvalue weighted by Crippen LogP contribution is -2.40. The Hall–Kier alpha value is -1.83. The van der Waals surface area contributed by atoms with Gasteiger partial charge in [-0.2, -0.15) is 0 Å². The summed E-state index contributed by atoms with van der Waals surface area (Å²) < 4.78 is 7.46. The topological polar surface area (TPSA) is 67.6 Å². The fourth-order valence-electron chi connectivity index (χ4n) is 2.82. The van der Waals surface area contributed by atoms with Gasteiger partial charge in [0.15, 0.2) is 5.96 Å². The first-order valence-electron chi connectivity index (χ1n) is 9.92. The van der Waals surface area contributed by atoms with Crippen LogP contribution in [0.25, 0.3) is 0 Å². The maximum Gasteiger partial charge on any atom is 0.194 e. The molecule has 0 fully saturated rings. The maximum atomic E-state index is 6.15.